The van der Waals surface area contributed by atoms with Gasteiger partial charge in [0.25, 0.3) is 10.0 Å². The monoisotopic (exact) mass is 412 g/mol. The smallest absolute Gasteiger partial charge is 0.264 e. The van der Waals surface area contributed by atoms with Crippen molar-refractivity contribution in [2.24, 2.45) is 0 Å². The van der Waals surface area contributed by atoms with Crippen molar-refractivity contribution in [3.63, 3.8) is 0 Å². The number of para-hydroxylation sites is 2. The maximum absolute atomic E-state index is 13.2. The van der Waals surface area contributed by atoms with Crippen LogP contribution in [0.2, 0.25) is 5.02 Å². The predicted molar refractivity (Wildman–Crippen MR) is 109 cm³/mol. The van der Waals surface area contributed by atoms with Gasteiger partial charge in [0.05, 0.1) is 33.8 Å². The van der Waals surface area contributed by atoms with Crippen LogP contribution in [0, 0.1) is 11.3 Å². The van der Waals surface area contributed by atoms with E-state index in [1.165, 1.54) is 16.4 Å². The number of rotatable bonds is 7. The third-order valence-corrected chi connectivity index (χ3v) is 6.12. The number of benzene rings is 3. The third kappa shape index (κ3) is 4.45. The Morgan fingerprint density at radius 3 is 2.39 bits per heavy atom. The van der Waals surface area contributed by atoms with Crippen molar-refractivity contribution in [2.45, 2.75) is 4.90 Å². The highest BCUT2D eigenvalue weighted by atomic mass is 35.5. The van der Waals surface area contributed by atoms with Crippen molar-refractivity contribution in [2.75, 3.05) is 17.5 Å². The molecule has 0 aliphatic carbocycles. The van der Waals surface area contributed by atoms with Crippen molar-refractivity contribution < 1.29 is 13.2 Å². The first-order valence-electron chi connectivity index (χ1n) is 8.47. The fourth-order valence-electron chi connectivity index (χ4n) is 2.64. The summed E-state index contributed by atoms with van der Waals surface area (Å²) < 4.78 is 33.4. The number of ether oxygens (including phenoxy) is 1. The first kappa shape index (κ1) is 19.7. The molecule has 0 amide bonds. The van der Waals surface area contributed by atoms with E-state index < -0.39 is 10.0 Å². The Balaban J connectivity index is 1.89. The molecular weight excluding hydrogens is 396 g/mol. The maximum atomic E-state index is 13.2. The van der Waals surface area contributed by atoms with Crippen LogP contribution in [0.4, 0.5) is 5.69 Å². The molecule has 0 saturated carbocycles. The molecule has 0 spiro atoms. The molecule has 5 nitrogen and oxygen atoms in total. The molecule has 3 rings (SSSR count). The molecule has 0 bridgehead atoms. The van der Waals surface area contributed by atoms with E-state index in [0.717, 1.165) is 0 Å². The Kier molecular flexibility index (Phi) is 6.19. The first-order chi connectivity index (χ1) is 13.5. The summed E-state index contributed by atoms with van der Waals surface area (Å²) in [5.41, 5.74) is 0.786. The van der Waals surface area contributed by atoms with Gasteiger partial charge < -0.3 is 4.74 Å². The lowest BCUT2D eigenvalue weighted by atomic mass is 10.2. The van der Waals surface area contributed by atoms with Gasteiger partial charge in [0.2, 0.25) is 0 Å². The molecule has 0 radical (unpaired) electrons. The van der Waals surface area contributed by atoms with Crippen LogP contribution in [0.5, 0.6) is 5.75 Å². The molecule has 0 N–H and O–H groups in total. The van der Waals surface area contributed by atoms with Crippen molar-refractivity contribution in [3.8, 4) is 11.8 Å². The number of nitrogens with zero attached hydrogens (tertiary/aromatic N) is 2. The lowest BCUT2D eigenvalue weighted by Gasteiger charge is -2.24. The fourth-order valence-corrected chi connectivity index (χ4v) is 4.32. The van der Waals surface area contributed by atoms with Gasteiger partial charge in [0.15, 0.2) is 0 Å². The average Bonchev–Trinajstić information content (AvgIpc) is 2.73. The van der Waals surface area contributed by atoms with Crippen LogP contribution in [0.3, 0.4) is 0 Å². The molecular formula is C21H17ClN2O3S. The summed E-state index contributed by atoms with van der Waals surface area (Å²) in [7, 11) is -3.88. The number of anilines is 1. The summed E-state index contributed by atoms with van der Waals surface area (Å²) in [6.45, 7) is 0.185. The van der Waals surface area contributed by atoms with E-state index in [1.54, 1.807) is 60.7 Å². The molecule has 0 aliphatic rings. The Bertz CT molecular complexity index is 1100. The molecule has 0 atom stereocenters. The Hall–Kier alpha value is -3.01. The number of halogens is 1. The van der Waals surface area contributed by atoms with Crippen LogP contribution in [0.1, 0.15) is 5.56 Å². The largest absolute Gasteiger partial charge is 0.490 e. The third-order valence-electron chi connectivity index (χ3n) is 3.98. The van der Waals surface area contributed by atoms with Gasteiger partial charge in [-0.3, -0.25) is 4.31 Å². The summed E-state index contributed by atoms with van der Waals surface area (Å²) >= 11 is 6.09. The zero-order valence-corrected chi connectivity index (χ0v) is 16.4. The minimum atomic E-state index is -3.88. The van der Waals surface area contributed by atoms with Gasteiger partial charge in [-0.1, -0.05) is 48.0 Å². The van der Waals surface area contributed by atoms with Crippen LogP contribution in [0.15, 0.2) is 83.8 Å². The highest BCUT2D eigenvalue weighted by molar-refractivity contribution is 7.92. The lowest BCUT2D eigenvalue weighted by Crippen LogP contribution is -2.34. The number of hydrogen-bond acceptors (Lipinski definition) is 4. The molecule has 7 heteroatoms. The van der Waals surface area contributed by atoms with Crippen LogP contribution < -0.4 is 9.04 Å². The fraction of sp³-hybridized carbons (Fsp3) is 0.0952. The summed E-state index contributed by atoms with van der Waals surface area (Å²) in [5, 5.41) is 9.54. The molecule has 142 valence electrons. The van der Waals surface area contributed by atoms with Crippen LogP contribution in [-0.4, -0.2) is 21.6 Å². The van der Waals surface area contributed by atoms with Gasteiger partial charge in [-0.2, -0.15) is 5.26 Å². The number of sulfonamides is 1. The second-order valence-electron chi connectivity index (χ2n) is 5.83. The topological polar surface area (TPSA) is 70.4 Å². The van der Waals surface area contributed by atoms with Crippen LogP contribution in [0.25, 0.3) is 0 Å². The molecule has 0 fully saturated rings. The van der Waals surface area contributed by atoms with Crippen molar-refractivity contribution in [3.05, 3.63) is 89.4 Å². The quantitative estimate of drug-likeness (QED) is 0.573. The van der Waals surface area contributed by atoms with Gasteiger partial charge in [-0.15, -0.1) is 0 Å². The van der Waals surface area contributed by atoms with Crippen LogP contribution in [-0.2, 0) is 10.0 Å². The van der Waals surface area contributed by atoms with E-state index in [-0.39, 0.29) is 23.6 Å². The molecule has 28 heavy (non-hydrogen) atoms. The summed E-state index contributed by atoms with van der Waals surface area (Å²) in [6, 6.07) is 23.7. The van der Waals surface area contributed by atoms with Crippen molar-refractivity contribution >= 4 is 27.3 Å². The van der Waals surface area contributed by atoms with Gasteiger partial charge in [0.1, 0.15) is 12.4 Å². The molecule has 0 aliphatic heterocycles. The zero-order chi connectivity index (χ0) is 20.0. The lowest BCUT2D eigenvalue weighted by molar-refractivity contribution is 0.328. The zero-order valence-electron chi connectivity index (χ0n) is 14.8. The van der Waals surface area contributed by atoms with E-state index in [1.807, 2.05) is 12.1 Å². The van der Waals surface area contributed by atoms with Crippen molar-refractivity contribution in [1.29, 1.82) is 5.26 Å². The highest BCUT2D eigenvalue weighted by Crippen LogP contribution is 2.26. The van der Waals surface area contributed by atoms with Gasteiger partial charge in [-0.05, 0) is 42.5 Å². The summed E-state index contributed by atoms with van der Waals surface area (Å²) in [5.74, 6) is 0.487. The van der Waals surface area contributed by atoms with E-state index in [9.17, 15) is 8.42 Å². The minimum absolute atomic E-state index is 0.0492. The summed E-state index contributed by atoms with van der Waals surface area (Å²) in [6.07, 6.45) is 0. The Morgan fingerprint density at radius 1 is 0.964 bits per heavy atom. The Labute approximate surface area is 169 Å². The highest BCUT2D eigenvalue weighted by Gasteiger charge is 2.25. The SMILES string of the molecule is N#Cc1cccc(S(=O)(=O)N(CCOc2ccccc2Cl)c2ccccc2)c1. The Morgan fingerprint density at radius 2 is 1.68 bits per heavy atom. The van der Waals surface area contributed by atoms with Crippen molar-refractivity contribution in [1.82, 2.24) is 0 Å². The number of nitriles is 1. The molecule has 0 unspecified atom stereocenters. The summed E-state index contributed by atoms with van der Waals surface area (Å²) in [4.78, 5) is 0.0492. The maximum Gasteiger partial charge on any atom is 0.264 e. The number of hydrogen-bond donors (Lipinski definition) is 0. The van der Waals surface area contributed by atoms with Gasteiger partial charge >= 0.3 is 0 Å². The normalized spacial score (nSPS) is 10.9. The van der Waals surface area contributed by atoms with E-state index in [2.05, 4.69) is 0 Å². The predicted octanol–water partition coefficient (Wildman–Crippen LogP) is 4.49. The second-order valence-corrected chi connectivity index (χ2v) is 8.10. The molecule has 3 aromatic rings. The van der Waals surface area contributed by atoms with E-state index in [4.69, 9.17) is 21.6 Å². The second kappa shape index (κ2) is 8.79. The minimum Gasteiger partial charge on any atom is -0.490 e. The van der Waals surface area contributed by atoms with E-state index in [0.29, 0.717) is 16.5 Å². The molecule has 3 aromatic carbocycles. The van der Waals surface area contributed by atoms with E-state index >= 15 is 0 Å². The van der Waals surface area contributed by atoms with Crippen LogP contribution >= 0.6 is 11.6 Å². The molecule has 0 heterocycles. The average molecular weight is 413 g/mol. The first-order valence-corrected chi connectivity index (χ1v) is 10.3. The molecule has 0 saturated heterocycles. The van der Waals surface area contributed by atoms with Gasteiger partial charge in [-0.25, -0.2) is 8.42 Å². The van der Waals surface area contributed by atoms with Gasteiger partial charge in [0, 0.05) is 0 Å². The standard InChI is InChI=1S/C21H17ClN2O3S/c22-20-11-4-5-12-21(20)27-14-13-24(18-8-2-1-3-9-18)28(25,26)19-10-6-7-17(15-19)16-23/h1-12,15H,13-14H2. The molecule has 0 aromatic heterocycles.